The maximum atomic E-state index is 13.0. The number of amides is 4. The third-order valence-electron chi connectivity index (χ3n) is 8.63. The molecule has 0 aliphatic carbocycles. The lowest BCUT2D eigenvalue weighted by atomic mass is 10.0. The van der Waals surface area contributed by atoms with Crippen LogP contribution < -0.4 is 20.1 Å². The summed E-state index contributed by atoms with van der Waals surface area (Å²) in [6.45, 7) is 0.591. The van der Waals surface area contributed by atoms with Crippen molar-refractivity contribution in [2.45, 2.75) is 24.9 Å². The predicted octanol–water partition coefficient (Wildman–Crippen LogP) is 5.90. The zero-order valence-electron chi connectivity index (χ0n) is 29.7. The van der Waals surface area contributed by atoms with E-state index in [-0.39, 0.29) is 76.7 Å². The van der Waals surface area contributed by atoms with Gasteiger partial charge in [0.05, 0.1) is 33.3 Å². The molecule has 3 N–H and O–H groups in total. The number of nitrogens with one attached hydrogen (secondary N) is 2. The third kappa shape index (κ3) is 10.9. The molecule has 4 aromatic carbocycles. The zero-order chi connectivity index (χ0) is 40.4. The highest BCUT2D eigenvalue weighted by atomic mass is 35.5. The highest BCUT2D eigenvalue weighted by Gasteiger charge is 2.28. The maximum Gasteiger partial charge on any atom is 0.415 e. The van der Waals surface area contributed by atoms with Crippen molar-refractivity contribution in [3.63, 3.8) is 0 Å². The Bertz CT molecular complexity index is 2110. The molecule has 56 heavy (non-hydrogen) atoms. The van der Waals surface area contributed by atoms with Crippen molar-refractivity contribution < 1.29 is 48.1 Å². The number of hydrogen-bond donors (Lipinski definition) is 3. The lowest BCUT2D eigenvalue weighted by Gasteiger charge is -2.33. The summed E-state index contributed by atoms with van der Waals surface area (Å²) < 4.78 is 15.9. The number of methoxy groups -OCH3 is 1. The first-order chi connectivity index (χ1) is 26.8. The van der Waals surface area contributed by atoms with Gasteiger partial charge >= 0.3 is 24.1 Å². The van der Waals surface area contributed by atoms with Crippen molar-refractivity contribution in [3.8, 4) is 11.5 Å². The molecular weight excluding hydrogens is 791 g/mol. The van der Waals surface area contributed by atoms with E-state index in [4.69, 9.17) is 49.0 Å². The summed E-state index contributed by atoms with van der Waals surface area (Å²) in [7, 11) is 1.20. The summed E-state index contributed by atoms with van der Waals surface area (Å²) in [5.74, 6) is -2.82. The molecule has 0 saturated carbocycles. The molecule has 17 heteroatoms. The number of nitrogens with zero attached hydrogens (tertiary/aromatic N) is 2. The van der Waals surface area contributed by atoms with Gasteiger partial charge in [-0.25, -0.2) is 19.2 Å². The van der Waals surface area contributed by atoms with E-state index in [0.29, 0.717) is 11.1 Å². The van der Waals surface area contributed by atoms with Crippen molar-refractivity contribution in [3.05, 3.63) is 128 Å². The normalized spacial score (nSPS) is 13.5. The molecule has 14 nitrogen and oxygen atoms in total. The summed E-state index contributed by atoms with van der Waals surface area (Å²) in [5.41, 5.74) is 1.47. The van der Waals surface area contributed by atoms with E-state index in [1.165, 1.54) is 59.4 Å². The molecule has 0 spiro atoms. The van der Waals surface area contributed by atoms with Crippen LogP contribution in [0.25, 0.3) is 0 Å². The van der Waals surface area contributed by atoms with Crippen LogP contribution >= 0.6 is 34.8 Å². The van der Waals surface area contributed by atoms with Crippen molar-refractivity contribution in [1.82, 2.24) is 20.4 Å². The largest absolute Gasteiger partial charge is 0.480 e. The van der Waals surface area contributed by atoms with Gasteiger partial charge in [0.1, 0.15) is 17.8 Å². The molecule has 4 aromatic rings. The molecule has 4 amide bonds. The molecule has 1 saturated heterocycles. The van der Waals surface area contributed by atoms with Gasteiger partial charge in [-0.3, -0.25) is 9.59 Å². The van der Waals surface area contributed by atoms with Crippen molar-refractivity contribution in [1.29, 1.82) is 0 Å². The minimum Gasteiger partial charge on any atom is -0.480 e. The van der Waals surface area contributed by atoms with Crippen LogP contribution in [0.15, 0.2) is 91.0 Å². The number of aliphatic carboxylic acids is 1. The number of carboxylic acid groups (broad SMARTS) is 1. The molecule has 1 aliphatic heterocycles. The van der Waals surface area contributed by atoms with Crippen molar-refractivity contribution in [2.24, 2.45) is 0 Å². The van der Waals surface area contributed by atoms with Gasteiger partial charge in [0, 0.05) is 39.0 Å². The van der Waals surface area contributed by atoms with Crippen LogP contribution in [0.4, 0.5) is 9.59 Å². The Morgan fingerprint density at radius 3 is 1.62 bits per heavy atom. The lowest BCUT2D eigenvalue weighted by molar-refractivity contribution is -0.143. The van der Waals surface area contributed by atoms with E-state index in [2.05, 4.69) is 10.6 Å². The molecule has 1 unspecified atom stereocenters. The van der Waals surface area contributed by atoms with Crippen LogP contribution in [0, 0.1) is 0 Å². The number of hydrogen-bond acceptors (Lipinski definition) is 9. The number of carbonyl (C=O) groups is 6. The molecule has 1 aliphatic rings. The molecule has 1 fully saturated rings. The SMILES string of the molecule is COC(=O)[C@H](Cc1ccc(OC(=O)N2CCN(C(=O)Oc3ccc(CC(NC(=O)c4ccccc4Cl)C(=O)O)cc3)CC2)c(Cl)c1)NC(=O)c1ccccc1Cl. The fourth-order valence-electron chi connectivity index (χ4n) is 5.61. The minimum absolute atomic E-state index is 0.0229. The van der Waals surface area contributed by atoms with E-state index < -0.39 is 48.0 Å². The molecular formula is C39H35Cl3N4O10. The minimum atomic E-state index is -1.24. The molecule has 0 radical (unpaired) electrons. The lowest BCUT2D eigenvalue weighted by Crippen LogP contribution is -2.52. The second kappa shape index (κ2) is 19.2. The number of esters is 1. The Hall–Kier alpha value is -5.83. The number of rotatable bonds is 12. The molecule has 0 aromatic heterocycles. The first-order valence-corrected chi connectivity index (χ1v) is 18.2. The number of benzene rings is 4. The molecule has 292 valence electrons. The van der Waals surface area contributed by atoms with E-state index in [1.54, 1.807) is 48.5 Å². The van der Waals surface area contributed by atoms with Gasteiger partial charge in [-0.15, -0.1) is 0 Å². The van der Waals surface area contributed by atoms with Crippen LogP contribution in [0.2, 0.25) is 15.1 Å². The fraction of sp³-hybridized carbons (Fsp3) is 0.231. The monoisotopic (exact) mass is 824 g/mol. The van der Waals surface area contributed by atoms with Crippen LogP contribution in [-0.2, 0) is 27.2 Å². The molecule has 1 heterocycles. The first-order valence-electron chi connectivity index (χ1n) is 17.0. The summed E-state index contributed by atoms with van der Waals surface area (Å²) >= 11 is 18.6. The van der Waals surface area contributed by atoms with E-state index >= 15 is 0 Å². The third-order valence-corrected chi connectivity index (χ3v) is 9.58. The highest BCUT2D eigenvalue weighted by Crippen LogP contribution is 2.27. The van der Waals surface area contributed by atoms with Gasteiger partial charge in [0.15, 0.2) is 5.75 Å². The van der Waals surface area contributed by atoms with Crippen LogP contribution in [-0.4, -0.2) is 96.2 Å². The summed E-state index contributed by atoms with van der Waals surface area (Å²) in [5, 5.41) is 15.3. The van der Waals surface area contributed by atoms with Gasteiger partial charge in [-0.05, 0) is 59.7 Å². The molecule has 5 rings (SSSR count). The fourth-order valence-corrected chi connectivity index (χ4v) is 6.30. The quantitative estimate of drug-likeness (QED) is 0.146. The summed E-state index contributed by atoms with van der Waals surface area (Å²) in [6, 6.07) is 21.2. The van der Waals surface area contributed by atoms with Gasteiger partial charge < -0.3 is 39.8 Å². The van der Waals surface area contributed by atoms with Crippen LogP contribution in [0.3, 0.4) is 0 Å². The molecule has 0 bridgehead atoms. The number of ether oxygens (including phenoxy) is 3. The van der Waals surface area contributed by atoms with Gasteiger partial charge in [0.25, 0.3) is 11.8 Å². The van der Waals surface area contributed by atoms with E-state index in [1.807, 2.05) is 0 Å². The van der Waals surface area contributed by atoms with E-state index in [9.17, 15) is 33.9 Å². The summed E-state index contributed by atoms with van der Waals surface area (Å²) in [6.07, 6.45) is -1.35. The predicted molar refractivity (Wildman–Crippen MR) is 206 cm³/mol. The van der Waals surface area contributed by atoms with Crippen molar-refractivity contribution in [2.75, 3.05) is 33.3 Å². The topological polar surface area (TPSA) is 181 Å². The number of carboxylic acids is 1. The maximum absolute atomic E-state index is 13.0. The first kappa shape index (κ1) is 41.3. The van der Waals surface area contributed by atoms with Gasteiger partial charge in [0.2, 0.25) is 0 Å². The average Bonchev–Trinajstić information content (AvgIpc) is 3.19. The second-order valence-electron chi connectivity index (χ2n) is 12.4. The Balaban J connectivity index is 1.09. The van der Waals surface area contributed by atoms with Crippen LogP contribution in [0.1, 0.15) is 31.8 Å². The summed E-state index contributed by atoms with van der Waals surface area (Å²) in [4.78, 5) is 78.5. The Labute approximate surface area is 336 Å². The number of halogens is 3. The molecule has 2 atom stereocenters. The smallest absolute Gasteiger partial charge is 0.415 e. The van der Waals surface area contributed by atoms with Gasteiger partial charge in [-0.1, -0.05) is 77.3 Å². The van der Waals surface area contributed by atoms with Gasteiger partial charge in [-0.2, -0.15) is 0 Å². The zero-order valence-corrected chi connectivity index (χ0v) is 32.0. The standard InChI is InChI=1S/C39H35Cl3N4O10/c1-54-37(51)32(44-35(48)27-7-3-5-9-29(27)41)22-24-12-15-33(30(42)20-24)56-39(53)46-18-16-45(17-19-46)38(52)55-25-13-10-23(11-14-25)21-31(36(49)50)43-34(47)26-6-2-4-8-28(26)40/h2-15,20,31-32H,16-19,21-22H2,1H3,(H,43,47)(H,44,48)(H,49,50)/t31?,32-/m0/s1. The van der Waals surface area contributed by atoms with Crippen LogP contribution in [0.5, 0.6) is 11.5 Å². The van der Waals surface area contributed by atoms with Crippen molar-refractivity contribution >= 4 is 70.7 Å². The number of carbonyl (C=O) groups excluding carboxylic acids is 5. The second-order valence-corrected chi connectivity index (χ2v) is 13.6. The Morgan fingerprint density at radius 2 is 1.12 bits per heavy atom. The number of piperazine rings is 1. The highest BCUT2D eigenvalue weighted by molar-refractivity contribution is 6.34. The Morgan fingerprint density at radius 1 is 0.643 bits per heavy atom. The Kier molecular flexibility index (Phi) is 14.1. The average molecular weight is 826 g/mol. The van der Waals surface area contributed by atoms with E-state index in [0.717, 1.165) is 0 Å².